The van der Waals surface area contributed by atoms with Crippen LogP contribution in [0.5, 0.6) is 0 Å². The van der Waals surface area contributed by atoms with E-state index in [4.69, 9.17) is 4.42 Å². The van der Waals surface area contributed by atoms with E-state index in [9.17, 15) is 0 Å². The maximum atomic E-state index is 6.77. The van der Waals surface area contributed by atoms with Gasteiger partial charge in [0.15, 0.2) is 0 Å². The molecular weight excluding hydrogens is 609 g/mol. The van der Waals surface area contributed by atoms with Crippen molar-refractivity contribution in [1.82, 2.24) is 0 Å². The summed E-state index contributed by atoms with van der Waals surface area (Å²) in [6.07, 6.45) is 12.3. The number of nitrogens with zero attached hydrogens (tertiary/aromatic N) is 2. The average molecular weight is 643 g/mol. The summed E-state index contributed by atoms with van der Waals surface area (Å²) in [4.78, 5) is 4.82. The minimum Gasteiger partial charge on any atom is -0.460 e. The van der Waals surface area contributed by atoms with Gasteiger partial charge in [0.1, 0.15) is 11.3 Å². The Hall–Kier alpha value is -6.24. The van der Waals surface area contributed by atoms with Crippen molar-refractivity contribution in [3.8, 4) is 0 Å². The molecule has 6 aromatic rings. The number of rotatable bonds is 5. The molecule has 3 atom stereocenters. The van der Waals surface area contributed by atoms with Gasteiger partial charge in [-0.25, -0.2) is 0 Å². The number of hydrogen-bond acceptors (Lipinski definition) is 3. The zero-order valence-electron chi connectivity index (χ0n) is 27.8. The molecule has 3 nitrogen and oxygen atoms in total. The van der Waals surface area contributed by atoms with Gasteiger partial charge in [-0.2, -0.15) is 0 Å². The van der Waals surface area contributed by atoms with E-state index in [2.05, 4.69) is 186 Å². The van der Waals surface area contributed by atoms with Gasteiger partial charge in [-0.1, -0.05) is 103 Å². The van der Waals surface area contributed by atoms with Crippen LogP contribution in [0.3, 0.4) is 0 Å². The van der Waals surface area contributed by atoms with E-state index >= 15 is 0 Å². The predicted octanol–water partition coefficient (Wildman–Crippen LogP) is 11.8. The van der Waals surface area contributed by atoms with Crippen molar-refractivity contribution in [3.05, 3.63) is 196 Å². The fraction of sp³-hybridized carbons (Fsp3) is 0.106. The molecule has 0 spiro atoms. The molecule has 0 saturated carbocycles. The van der Waals surface area contributed by atoms with Crippen LogP contribution in [0.4, 0.5) is 22.7 Å². The van der Waals surface area contributed by atoms with Gasteiger partial charge in [-0.05, 0) is 107 Å². The molecule has 0 amide bonds. The quantitative estimate of drug-likeness (QED) is 0.175. The standard InChI is InChI=1S/C47H34N2O/c1-31-20-21-32-22-23-33(29-34(32)28-31)41-30-42-39-16-9-11-19-44(39)50-47(42)45-40-17-8-10-18-43(40)49(46(41)45)38-26-24-37(25-27-38)48(35-12-4-2-5-13-35)36-14-6-3-7-15-36/h2-7,9,11-27,29-31,45-46H,28H2,1H3. The van der Waals surface area contributed by atoms with Gasteiger partial charge in [0.2, 0.25) is 0 Å². The lowest BCUT2D eigenvalue weighted by atomic mass is 9.77. The van der Waals surface area contributed by atoms with Crippen LogP contribution in [0.1, 0.15) is 40.9 Å². The Bertz CT molecular complexity index is 2460. The van der Waals surface area contributed by atoms with Crippen LogP contribution in [0.25, 0.3) is 28.7 Å². The first-order chi connectivity index (χ1) is 24.7. The molecule has 2 heterocycles. The van der Waals surface area contributed by atoms with Gasteiger partial charge in [-0.3, -0.25) is 0 Å². The molecule has 0 radical (unpaired) electrons. The summed E-state index contributed by atoms with van der Waals surface area (Å²) < 4.78 is 6.77. The molecule has 0 bridgehead atoms. The summed E-state index contributed by atoms with van der Waals surface area (Å²) in [5, 5.41) is 1.16. The summed E-state index contributed by atoms with van der Waals surface area (Å²) >= 11 is 0. The van der Waals surface area contributed by atoms with Crippen LogP contribution in [-0.2, 0) is 6.42 Å². The Morgan fingerprint density at radius 2 is 1.44 bits per heavy atom. The Labute approximate surface area is 292 Å². The molecule has 5 aromatic carbocycles. The van der Waals surface area contributed by atoms with Crippen molar-refractivity contribution >= 4 is 51.4 Å². The topological polar surface area (TPSA) is 19.6 Å². The highest BCUT2D eigenvalue weighted by atomic mass is 16.3. The summed E-state index contributed by atoms with van der Waals surface area (Å²) in [5.41, 5.74) is 20.8. The van der Waals surface area contributed by atoms with Gasteiger partial charge < -0.3 is 14.2 Å². The lowest BCUT2D eigenvalue weighted by molar-refractivity contribution is 0.506. The van der Waals surface area contributed by atoms with E-state index in [1.807, 2.05) is 0 Å². The van der Waals surface area contributed by atoms with E-state index in [-0.39, 0.29) is 12.0 Å². The Balaban J connectivity index is 1.14. The molecule has 1 aromatic heterocycles. The predicted molar refractivity (Wildman–Crippen MR) is 206 cm³/mol. The maximum Gasteiger partial charge on any atom is 0.134 e. The molecule has 238 valence electrons. The number of fused-ring (bicyclic) bond motifs is 7. The third-order valence-corrected chi connectivity index (χ3v) is 10.6. The second-order valence-corrected chi connectivity index (χ2v) is 13.7. The molecule has 0 saturated heterocycles. The van der Waals surface area contributed by atoms with E-state index < -0.39 is 0 Å². The van der Waals surface area contributed by atoms with Crippen LogP contribution in [0, 0.1) is 5.92 Å². The monoisotopic (exact) mass is 642 g/mol. The largest absolute Gasteiger partial charge is 0.460 e. The Morgan fingerprint density at radius 3 is 2.22 bits per heavy atom. The lowest BCUT2D eigenvalue weighted by Crippen LogP contribution is -2.36. The SMILES string of the molecule is CC1C=Cc2ccc(C3=Cc4c(oc5ccccc45)C4C5=C(C=C=C=C5)N(c5ccc(N(c6ccccc6)c6ccccc6)cc5)C34)cc2C1. The molecule has 3 heteroatoms. The first-order valence-electron chi connectivity index (χ1n) is 17.5. The van der Waals surface area contributed by atoms with Crippen LogP contribution in [0.2, 0.25) is 0 Å². The van der Waals surface area contributed by atoms with Crippen molar-refractivity contribution in [2.45, 2.75) is 25.3 Å². The Morgan fingerprint density at radius 1 is 0.740 bits per heavy atom. The molecule has 10 rings (SSSR count). The fourth-order valence-corrected chi connectivity index (χ4v) is 8.35. The van der Waals surface area contributed by atoms with E-state index in [1.54, 1.807) is 0 Å². The number of allylic oxidation sites excluding steroid dienone is 3. The minimum absolute atomic E-state index is 0.00193. The van der Waals surface area contributed by atoms with Gasteiger partial charge in [0.25, 0.3) is 0 Å². The Kier molecular flexibility index (Phi) is 6.57. The van der Waals surface area contributed by atoms with Gasteiger partial charge >= 0.3 is 0 Å². The van der Waals surface area contributed by atoms with Crippen molar-refractivity contribution in [3.63, 3.8) is 0 Å². The minimum atomic E-state index is -0.0120. The summed E-state index contributed by atoms with van der Waals surface area (Å²) in [5.74, 6) is 1.55. The molecule has 0 N–H and O–H groups in total. The number of furan rings is 1. The van der Waals surface area contributed by atoms with Gasteiger partial charge in [0.05, 0.1) is 17.7 Å². The summed E-state index contributed by atoms with van der Waals surface area (Å²) in [7, 11) is 0. The van der Waals surface area contributed by atoms with Crippen LogP contribution in [0.15, 0.2) is 173 Å². The highest BCUT2D eigenvalue weighted by Crippen LogP contribution is 2.55. The zero-order valence-corrected chi connectivity index (χ0v) is 27.8. The molecular formula is C47H34N2O. The second-order valence-electron chi connectivity index (χ2n) is 13.7. The third kappa shape index (κ3) is 4.53. The molecule has 50 heavy (non-hydrogen) atoms. The average Bonchev–Trinajstić information content (AvgIpc) is 3.72. The van der Waals surface area contributed by atoms with Crippen molar-refractivity contribution in [2.75, 3.05) is 9.80 Å². The maximum absolute atomic E-state index is 6.77. The lowest BCUT2D eigenvalue weighted by Gasteiger charge is -2.36. The van der Waals surface area contributed by atoms with Crippen molar-refractivity contribution in [2.24, 2.45) is 5.92 Å². The van der Waals surface area contributed by atoms with Crippen LogP contribution < -0.4 is 9.80 Å². The fourth-order valence-electron chi connectivity index (χ4n) is 8.35. The van der Waals surface area contributed by atoms with Gasteiger partial charge in [-0.15, -0.1) is 0 Å². The number of hydrogen-bond donors (Lipinski definition) is 0. The molecule has 1 aliphatic heterocycles. The second kappa shape index (κ2) is 11.4. The third-order valence-electron chi connectivity index (χ3n) is 10.6. The van der Waals surface area contributed by atoms with Crippen molar-refractivity contribution < 1.29 is 4.42 Å². The van der Waals surface area contributed by atoms with E-state index in [0.29, 0.717) is 5.92 Å². The highest BCUT2D eigenvalue weighted by molar-refractivity contribution is 6.01. The molecule has 0 fully saturated rings. The molecule has 4 aliphatic rings. The smallest absolute Gasteiger partial charge is 0.134 e. The normalized spacial score (nSPS) is 19.7. The number of anilines is 4. The van der Waals surface area contributed by atoms with Crippen LogP contribution in [-0.4, -0.2) is 6.04 Å². The van der Waals surface area contributed by atoms with Crippen molar-refractivity contribution in [1.29, 1.82) is 0 Å². The van der Waals surface area contributed by atoms with Crippen LogP contribution >= 0.6 is 0 Å². The zero-order chi connectivity index (χ0) is 33.2. The van der Waals surface area contributed by atoms with Gasteiger partial charge in [0, 0.05) is 39.8 Å². The first kappa shape index (κ1) is 28.7. The number of para-hydroxylation sites is 3. The summed E-state index contributed by atoms with van der Waals surface area (Å²) in [6.45, 7) is 2.30. The van der Waals surface area contributed by atoms with E-state index in [1.165, 1.54) is 33.4 Å². The number of benzene rings is 5. The highest BCUT2D eigenvalue weighted by Gasteiger charge is 2.48. The first-order valence-corrected chi connectivity index (χ1v) is 17.5. The van der Waals surface area contributed by atoms with E-state index in [0.717, 1.165) is 51.6 Å². The summed E-state index contributed by atoms with van der Waals surface area (Å²) in [6, 6.07) is 45.6. The molecule has 3 unspecified atom stereocenters. The molecule has 3 aliphatic carbocycles.